The fraction of sp³-hybridized carbons (Fsp3) is 0.0556. The first-order valence-electron chi connectivity index (χ1n) is 7.66. The van der Waals surface area contributed by atoms with E-state index in [1.165, 1.54) is 30.5 Å². The van der Waals surface area contributed by atoms with Crippen molar-refractivity contribution in [2.45, 2.75) is 6.18 Å². The van der Waals surface area contributed by atoms with Crippen LogP contribution >= 0.6 is 11.6 Å². The summed E-state index contributed by atoms with van der Waals surface area (Å²) < 4.78 is 39.1. The predicted octanol–water partition coefficient (Wildman–Crippen LogP) is 5.14. The monoisotopic (exact) mass is 392 g/mol. The van der Waals surface area contributed by atoms with Crippen LogP contribution < -0.4 is 10.6 Å². The molecule has 0 radical (unpaired) electrons. The maximum absolute atomic E-state index is 13.0. The number of carbonyl (C=O) groups excluding carboxylic acids is 1. The van der Waals surface area contributed by atoms with Crippen molar-refractivity contribution in [2.75, 3.05) is 10.6 Å². The van der Waals surface area contributed by atoms with Crippen LogP contribution in [0.4, 0.5) is 30.5 Å². The second-order valence-electron chi connectivity index (χ2n) is 5.40. The van der Waals surface area contributed by atoms with Gasteiger partial charge >= 0.3 is 6.18 Å². The molecule has 1 aromatic heterocycles. The summed E-state index contributed by atoms with van der Waals surface area (Å²) in [6.45, 7) is 0. The molecule has 0 saturated heterocycles. The van der Waals surface area contributed by atoms with Crippen molar-refractivity contribution >= 4 is 34.8 Å². The highest BCUT2D eigenvalue weighted by Gasteiger charge is 2.33. The van der Waals surface area contributed by atoms with Gasteiger partial charge in [0.25, 0.3) is 5.91 Å². The number of benzene rings is 2. The fourth-order valence-electron chi connectivity index (χ4n) is 2.27. The molecule has 0 saturated carbocycles. The lowest BCUT2D eigenvalue weighted by molar-refractivity contribution is -0.136. The van der Waals surface area contributed by atoms with E-state index in [9.17, 15) is 18.0 Å². The molecule has 2 aromatic carbocycles. The van der Waals surface area contributed by atoms with Gasteiger partial charge in [0.05, 0.1) is 11.3 Å². The van der Waals surface area contributed by atoms with E-state index in [1.807, 2.05) is 0 Å². The average molecular weight is 393 g/mol. The third kappa shape index (κ3) is 4.73. The Kier molecular flexibility index (Phi) is 5.27. The van der Waals surface area contributed by atoms with Crippen molar-refractivity contribution in [1.29, 1.82) is 0 Å². The number of hydrogen-bond acceptors (Lipinski definition) is 4. The van der Waals surface area contributed by atoms with Crippen molar-refractivity contribution in [1.82, 2.24) is 9.97 Å². The SMILES string of the molecule is O=C(Nc1ccccc1C(F)(F)F)c1ccnc(Nc2cccc(Cl)c2)n1. The normalized spacial score (nSPS) is 11.1. The second kappa shape index (κ2) is 7.63. The quantitative estimate of drug-likeness (QED) is 0.644. The highest BCUT2D eigenvalue weighted by molar-refractivity contribution is 6.30. The zero-order valence-corrected chi connectivity index (χ0v) is 14.3. The van der Waals surface area contributed by atoms with Crippen LogP contribution in [-0.4, -0.2) is 15.9 Å². The number of anilines is 3. The highest BCUT2D eigenvalue weighted by Crippen LogP contribution is 2.34. The van der Waals surface area contributed by atoms with E-state index >= 15 is 0 Å². The number of para-hydroxylation sites is 1. The third-order valence-electron chi connectivity index (χ3n) is 3.45. The summed E-state index contributed by atoms with van der Waals surface area (Å²) in [5.41, 5.74) is -0.781. The molecule has 0 spiro atoms. The standard InChI is InChI=1S/C18H12ClF3N4O/c19-11-4-3-5-12(10-11)24-17-23-9-8-15(26-17)16(27)25-14-7-2-1-6-13(14)18(20,21)22/h1-10H,(H,25,27)(H,23,24,26). The zero-order chi connectivity index (χ0) is 19.4. The van der Waals surface area contributed by atoms with Gasteiger partial charge in [-0.2, -0.15) is 13.2 Å². The van der Waals surface area contributed by atoms with Crippen molar-refractivity contribution in [2.24, 2.45) is 0 Å². The third-order valence-corrected chi connectivity index (χ3v) is 3.68. The Bertz CT molecular complexity index is 979. The highest BCUT2D eigenvalue weighted by atomic mass is 35.5. The smallest absolute Gasteiger partial charge is 0.324 e. The number of rotatable bonds is 4. The molecule has 5 nitrogen and oxygen atoms in total. The predicted molar refractivity (Wildman–Crippen MR) is 96.2 cm³/mol. The van der Waals surface area contributed by atoms with Crippen molar-refractivity contribution < 1.29 is 18.0 Å². The van der Waals surface area contributed by atoms with Crippen molar-refractivity contribution in [3.63, 3.8) is 0 Å². The summed E-state index contributed by atoms with van der Waals surface area (Å²) >= 11 is 5.90. The van der Waals surface area contributed by atoms with Crippen molar-refractivity contribution in [3.05, 3.63) is 77.1 Å². The molecule has 27 heavy (non-hydrogen) atoms. The first-order chi connectivity index (χ1) is 12.8. The lowest BCUT2D eigenvalue weighted by Crippen LogP contribution is -2.18. The number of carbonyl (C=O) groups is 1. The van der Waals surface area contributed by atoms with Gasteiger partial charge in [-0.05, 0) is 36.4 Å². The fourth-order valence-corrected chi connectivity index (χ4v) is 2.46. The molecule has 3 aromatic rings. The first-order valence-corrected chi connectivity index (χ1v) is 8.04. The maximum atomic E-state index is 13.0. The van der Waals surface area contributed by atoms with Crippen molar-refractivity contribution in [3.8, 4) is 0 Å². The van der Waals surface area contributed by atoms with E-state index in [0.29, 0.717) is 10.7 Å². The Morgan fingerprint density at radius 1 is 1.04 bits per heavy atom. The van der Waals surface area contributed by atoms with Gasteiger partial charge in [0, 0.05) is 16.9 Å². The molecular formula is C18H12ClF3N4O. The zero-order valence-electron chi connectivity index (χ0n) is 13.6. The Morgan fingerprint density at radius 2 is 1.81 bits per heavy atom. The molecular weight excluding hydrogens is 381 g/mol. The number of hydrogen-bond donors (Lipinski definition) is 2. The number of amides is 1. The van der Waals surface area contributed by atoms with Gasteiger partial charge in [-0.3, -0.25) is 4.79 Å². The minimum atomic E-state index is -4.59. The summed E-state index contributed by atoms with van der Waals surface area (Å²) in [6, 6.07) is 12.8. The van der Waals surface area contributed by atoms with Crippen LogP contribution in [0, 0.1) is 0 Å². The van der Waals surface area contributed by atoms with E-state index in [1.54, 1.807) is 24.3 Å². The second-order valence-corrected chi connectivity index (χ2v) is 5.83. The van der Waals surface area contributed by atoms with Crippen LogP contribution in [0.1, 0.15) is 16.1 Å². The van der Waals surface area contributed by atoms with Crippen LogP contribution in [0.3, 0.4) is 0 Å². The molecule has 0 fully saturated rings. The van der Waals surface area contributed by atoms with E-state index in [2.05, 4.69) is 20.6 Å². The Balaban J connectivity index is 1.81. The molecule has 0 atom stereocenters. The summed E-state index contributed by atoms with van der Waals surface area (Å²) in [7, 11) is 0. The average Bonchev–Trinajstić information content (AvgIpc) is 2.61. The van der Waals surface area contributed by atoms with E-state index in [0.717, 1.165) is 6.07 Å². The van der Waals surface area contributed by atoms with Crippen LogP contribution in [-0.2, 0) is 6.18 Å². The van der Waals surface area contributed by atoms with E-state index in [4.69, 9.17) is 11.6 Å². The molecule has 2 N–H and O–H groups in total. The maximum Gasteiger partial charge on any atom is 0.418 e. The Hall–Kier alpha value is -3.13. The molecule has 9 heteroatoms. The number of alkyl halides is 3. The lowest BCUT2D eigenvalue weighted by atomic mass is 10.1. The molecule has 1 amide bonds. The molecule has 0 aliphatic carbocycles. The molecule has 0 aliphatic heterocycles. The molecule has 3 rings (SSSR count). The largest absolute Gasteiger partial charge is 0.418 e. The summed E-state index contributed by atoms with van der Waals surface area (Å²) in [4.78, 5) is 20.3. The lowest BCUT2D eigenvalue weighted by Gasteiger charge is -2.13. The van der Waals surface area contributed by atoms with E-state index in [-0.39, 0.29) is 17.3 Å². The van der Waals surface area contributed by atoms with Crippen LogP contribution in [0.5, 0.6) is 0 Å². The van der Waals surface area contributed by atoms with Gasteiger partial charge in [0.15, 0.2) is 0 Å². The van der Waals surface area contributed by atoms with Crippen LogP contribution in [0.2, 0.25) is 5.02 Å². The van der Waals surface area contributed by atoms with Gasteiger partial charge < -0.3 is 10.6 Å². The summed E-state index contributed by atoms with van der Waals surface area (Å²) in [5.74, 6) is -0.683. The number of halogens is 4. The first kappa shape index (κ1) is 18.7. The molecule has 0 unspecified atom stereocenters. The van der Waals surface area contributed by atoms with Gasteiger partial charge in [-0.25, -0.2) is 9.97 Å². The summed E-state index contributed by atoms with van der Waals surface area (Å²) in [5, 5.41) is 5.61. The van der Waals surface area contributed by atoms with Gasteiger partial charge in [0.1, 0.15) is 5.69 Å². The van der Waals surface area contributed by atoms with Gasteiger partial charge in [-0.15, -0.1) is 0 Å². The van der Waals surface area contributed by atoms with Crippen LogP contribution in [0.15, 0.2) is 60.8 Å². The minimum Gasteiger partial charge on any atom is -0.324 e. The van der Waals surface area contributed by atoms with E-state index < -0.39 is 17.6 Å². The van der Waals surface area contributed by atoms with Crippen LogP contribution in [0.25, 0.3) is 0 Å². The van der Waals surface area contributed by atoms with Gasteiger partial charge in [-0.1, -0.05) is 29.8 Å². The van der Waals surface area contributed by atoms with Gasteiger partial charge in [0.2, 0.25) is 5.95 Å². The molecule has 0 bridgehead atoms. The Morgan fingerprint density at radius 3 is 2.56 bits per heavy atom. The summed E-state index contributed by atoms with van der Waals surface area (Å²) in [6.07, 6.45) is -3.26. The number of nitrogens with one attached hydrogen (secondary N) is 2. The number of nitrogens with zero attached hydrogens (tertiary/aromatic N) is 2. The topological polar surface area (TPSA) is 66.9 Å². The molecule has 138 valence electrons. The molecule has 1 heterocycles. The molecule has 0 aliphatic rings. The number of aromatic nitrogens is 2. The minimum absolute atomic E-state index is 0.0912. The Labute approximate surface area is 157 Å².